The van der Waals surface area contributed by atoms with E-state index >= 15 is 0 Å². The highest BCUT2D eigenvalue weighted by molar-refractivity contribution is 5.94. The van der Waals surface area contributed by atoms with Gasteiger partial charge in [-0.2, -0.15) is 0 Å². The number of carbonyl (C=O) groups is 2. The zero-order chi connectivity index (χ0) is 17.8. The van der Waals surface area contributed by atoms with E-state index in [0.717, 1.165) is 38.4 Å². The average molecular weight is 344 g/mol. The van der Waals surface area contributed by atoms with Crippen molar-refractivity contribution in [1.29, 1.82) is 0 Å². The first kappa shape index (κ1) is 17.9. The molecule has 0 radical (unpaired) electrons. The van der Waals surface area contributed by atoms with Crippen molar-refractivity contribution in [3.05, 3.63) is 29.8 Å². The topological polar surface area (TPSA) is 58.6 Å². The number of Topliss-reactive ketones (excluding diaryl/α,β-unsaturated/α-hetero) is 1. The Morgan fingerprint density at radius 3 is 2.60 bits per heavy atom. The predicted octanol–water partition coefficient (Wildman–Crippen LogP) is 2.65. The van der Waals surface area contributed by atoms with E-state index in [1.54, 1.807) is 31.2 Å². The number of carbonyl (C=O) groups excluding carboxylic acids is 2. The molecule has 1 atom stereocenters. The van der Waals surface area contributed by atoms with Crippen LogP contribution in [0.3, 0.4) is 0 Å². The van der Waals surface area contributed by atoms with Gasteiger partial charge < -0.3 is 15.0 Å². The molecular weight excluding hydrogens is 316 g/mol. The van der Waals surface area contributed by atoms with Crippen LogP contribution in [0.25, 0.3) is 0 Å². The monoisotopic (exact) mass is 344 g/mol. The minimum atomic E-state index is -0.543. The molecule has 136 valence electrons. The smallest absolute Gasteiger partial charge is 0.263 e. The fourth-order valence-corrected chi connectivity index (χ4v) is 3.26. The van der Waals surface area contributed by atoms with Crippen molar-refractivity contribution in [2.45, 2.75) is 51.7 Å². The summed E-state index contributed by atoms with van der Waals surface area (Å²) in [6.07, 6.45) is 4.20. The van der Waals surface area contributed by atoms with Crippen LogP contribution in [0.4, 0.5) is 0 Å². The molecule has 0 aromatic heterocycles. The summed E-state index contributed by atoms with van der Waals surface area (Å²) in [5.74, 6) is 1.47. The van der Waals surface area contributed by atoms with Crippen molar-refractivity contribution < 1.29 is 14.3 Å². The number of piperidine rings is 1. The molecule has 3 rings (SSSR count). The van der Waals surface area contributed by atoms with Gasteiger partial charge in [0.1, 0.15) is 5.75 Å². The molecule has 5 heteroatoms. The number of benzene rings is 1. The second-order valence-corrected chi connectivity index (χ2v) is 7.30. The lowest BCUT2D eigenvalue weighted by Crippen LogP contribution is -2.48. The van der Waals surface area contributed by atoms with Crippen LogP contribution in [-0.2, 0) is 4.79 Å². The molecule has 0 bridgehead atoms. The van der Waals surface area contributed by atoms with Crippen molar-refractivity contribution in [2.24, 2.45) is 5.92 Å². The fraction of sp³-hybridized carbons (Fsp3) is 0.600. The maximum atomic E-state index is 12.6. The van der Waals surface area contributed by atoms with Crippen LogP contribution in [0.5, 0.6) is 5.75 Å². The number of hydrogen-bond acceptors (Lipinski definition) is 4. The Balaban J connectivity index is 1.47. The summed E-state index contributed by atoms with van der Waals surface area (Å²) in [6, 6.07) is 7.54. The molecule has 0 spiro atoms. The molecule has 1 aromatic rings. The van der Waals surface area contributed by atoms with Gasteiger partial charge in [0.15, 0.2) is 11.9 Å². The third-order valence-electron chi connectivity index (χ3n) is 5.10. The lowest BCUT2D eigenvalue weighted by Gasteiger charge is -2.34. The number of nitrogens with one attached hydrogen (secondary N) is 1. The van der Waals surface area contributed by atoms with Gasteiger partial charge in [-0.25, -0.2) is 0 Å². The van der Waals surface area contributed by atoms with Crippen LogP contribution >= 0.6 is 0 Å². The largest absolute Gasteiger partial charge is 0.481 e. The van der Waals surface area contributed by atoms with Crippen LogP contribution in [-0.4, -0.2) is 48.4 Å². The van der Waals surface area contributed by atoms with E-state index in [2.05, 4.69) is 5.32 Å². The molecule has 1 unspecified atom stereocenters. The Kier molecular flexibility index (Phi) is 5.74. The summed E-state index contributed by atoms with van der Waals surface area (Å²) >= 11 is 0. The Morgan fingerprint density at radius 1 is 1.24 bits per heavy atom. The fourth-order valence-electron chi connectivity index (χ4n) is 3.26. The molecule has 1 saturated carbocycles. The van der Waals surface area contributed by atoms with Crippen molar-refractivity contribution in [1.82, 2.24) is 10.2 Å². The van der Waals surface area contributed by atoms with E-state index in [4.69, 9.17) is 4.74 Å². The van der Waals surface area contributed by atoms with E-state index in [0.29, 0.717) is 17.4 Å². The third kappa shape index (κ3) is 5.05. The Hall–Kier alpha value is -1.88. The number of nitrogens with zero attached hydrogens (tertiary/aromatic N) is 1. The zero-order valence-corrected chi connectivity index (χ0v) is 15.2. The summed E-state index contributed by atoms with van der Waals surface area (Å²) in [5, 5.41) is 3.63. The number of ketones is 1. The van der Waals surface area contributed by atoms with Gasteiger partial charge in [0.05, 0.1) is 0 Å². The molecule has 2 fully saturated rings. The minimum Gasteiger partial charge on any atom is -0.481 e. The zero-order valence-electron chi connectivity index (χ0n) is 15.2. The second-order valence-electron chi connectivity index (χ2n) is 7.30. The Morgan fingerprint density at radius 2 is 1.96 bits per heavy atom. The SMILES string of the molecule is CC(=O)c1cccc(OC(C)C(=O)N2CCC(NCC3CC3)CC2)c1. The highest BCUT2D eigenvalue weighted by atomic mass is 16.5. The van der Waals surface area contributed by atoms with Gasteiger partial charge in [0.2, 0.25) is 0 Å². The van der Waals surface area contributed by atoms with E-state index in [-0.39, 0.29) is 11.7 Å². The lowest BCUT2D eigenvalue weighted by molar-refractivity contribution is -0.139. The Bertz CT molecular complexity index is 619. The van der Waals surface area contributed by atoms with Crippen LogP contribution in [0.2, 0.25) is 0 Å². The van der Waals surface area contributed by atoms with Crippen LogP contribution in [0.15, 0.2) is 24.3 Å². The summed E-state index contributed by atoms with van der Waals surface area (Å²) in [7, 11) is 0. The minimum absolute atomic E-state index is 0.00907. The number of hydrogen-bond donors (Lipinski definition) is 1. The summed E-state index contributed by atoms with van der Waals surface area (Å²) in [5.41, 5.74) is 0.597. The first-order valence-electron chi connectivity index (χ1n) is 9.32. The maximum absolute atomic E-state index is 12.6. The van der Waals surface area contributed by atoms with Gasteiger partial charge in [0, 0.05) is 24.7 Å². The van der Waals surface area contributed by atoms with Gasteiger partial charge in [-0.05, 0) is 64.1 Å². The molecule has 1 aromatic carbocycles. The normalized spacial score (nSPS) is 19.5. The van der Waals surface area contributed by atoms with Crippen molar-refractivity contribution in [2.75, 3.05) is 19.6 Å². The standard InChI is InChI=1S/C20H28N2O3/c1-14(23)17-4-3-5-19(12-17)25-15(2)20(24)22-10-8-18(9-11-22)21-13-16-6-7-16/h3-5,12,15-16,18,21H,6-11,13H2,1-2H3. The summed E-state index contributed by atoms with van der Waals surface area (Å²) < 4.78 is 5.78. The molecule has 2 aliphatic rings. The molecule has 5 nitrogen and oxygen atoms in total. The molecule has 1 aliphatic carbocycles. The molecule has 1 amide bonds. The third-order valence-corrected chi connectivity index (χ3v) is 5.10. The van der Waals surface area contributed by atoms with Gasteiger partial charge >= 0.3 is 0 Å². The van der Waals surface area contributed by atoms with Crippen molar-refractivity contribution >= 4 is 11.7 Å². The number of likely N-dealkylation sites (tertiary alicyclic amines) is 1. The molecule has 1 heterocycles. The summed E-state index contributed by atoms with van der Waals surface area (Å²) in [4.78, 5) is 26.0. The average Bonchev–Trinajstić information content (AvgIpc) is 3.44. The molecule has 25 heavy (non-hydrogen) atoms. The Labute approximate surface area is 149 Å². The van der Waals surface area contributed by atoms with Crippen molar-refractivity contribution in [3.63, 3.8) is 0 Å². The molecule has 1 aliphatic heterocycles. The van der Waals surface area contributed by atoms with E-state index in [1.807, 2.05) is 4.90 Å². The second kappa shape index (κ2) is 8.00. The predicted molar refractivity (Wildman–Crippen MR) is 96.9 cm³/mol. The van der Waals surface area contributed by atoms with Crippen LogP contribution < -0.4 is 10.1 Å². The van der Waals surface area contributed by atoms with Crippen LogP contribution in [0, 0.1) is 5.92 Å². The first-order chi connectivity index (χ1) is 12.0. The number of rotatable bonds is 7. The summed E-state index contributed by atoms with van der Waals surface area (Å²) in [6.45, 7) is 5.99. The van der Waals surface area contributed by atoms with Gasteiger partial charge in [-0.1, -0.05) is 12.1 Å². The lowest BCUT2D eigenvalue weighted by atomic mass is 10.0. The molecular formula is C20H28N2O3. The molecule has 1 saturated heterocycles. The first-order valence-corrected chi connectivity index (χ1v) is 9.32. The van der Waals surface area contributed by atoms with E-state index < -0.39 is 6.10 Å². The van der Waals surface area contributed by atoms with Crippen LogP contribution in [0.1, 0.15) is 49.9 Å². The van der Waals surface area contributed by atoms with E-state index in [9.17, 15) is 9.59 Å². The quantitative estimate of drug-likeness (QED) is 0.773. The number of ether oxygens (including phenoxy) is 1. The van der Waals surface area contributed by atoms with Gasteiger partial charge in [-0.15, -0.1) is 0 Å². The highest BCUT2D eigenvalue weighted by Gasteiger charge is 2.28. The maximum Gasteiger partial charge on any atom is 0.263 e. The van der Waals surface area contributed by atoms with E-state index in [1.165, 1.54) is 19.8 Å². The highest BCUT2D eigenvalue weighted by Crippen LogP contribution is 2.28. The van der Waals surface area contributed by atoms with Gasteiger partial charge in [0.25, 0.3) is 5.91 Å². The van der Waals surface area contributed by atoms with Gasteiger partial charge in [-0.3, -0.25) is 9.59 Å². The van der Waals surface area contributed by atoms with Crippen molar-refractivity contribution in [3.8, 4) is 5.75 Å². The number of amides is 1. The molecule has 1 N–H and O–H groups in total.